The summed E-state index contributed by atoms with van der Waals surface area (Å²) in [7, 11) is 0. The number of fused-ring (bicyclic) bond motifs is 16. The molecule has 11 heterocycles. The third-order valence-electron chi connectivity index (χ3n) is 24.0. The van der Waals surface area contributed by atoms with Crippen molar-refractivity contribution in [3.05, 3.63) is 0 Å². The summed E-state index contributed by atoms with van der Waals surface area (Å²) in [5, 5.41) is 0. The van der Waals surface area contributed by atoms with Crippen LogP contribution in [0.25, 0.3) is 0 Å². The van der Waals surface area contributed by atoms with E-state index in [1.165, 1.54) is 206 Å². The molecule has 6 saturated carbocycles. The smallest absolute Gasteiger partial charge is 0.0130 e. The van der Waals surface area contributed by atoms with Gasteiger partial charge in [0.25, 0.3) is 0 Å². The molecule has 7 heteroatoms. The number of piperidine rings is 10. The van der Waals surface area contributed by atoms with Gasteiger partial charge in [-0.05, 0) is 340 Å². The SMILES string of the molecule is CC.CC.CC.CC.CC.CC.CC.CC.CC.CC.CC.CC.CC.CC.CC(C)(C)N1C2CCCC1CC2.CC(C)(C)N1CC2CC(C2)C1.CC(C)(C)N1CC2CCC(C2)C1.CC(C)(C)N1CC2CCC1C2.CC(C)(C)N1CC2CCC1C2.CC(C)(C)N1CC2CCC1CC2.CC(C)(C)N1CC2CCC1CC2. The molecule has 0 aromatic rings. The van der Waals surface area contributed by atoms with Gasteiger partial charge in [-0.3, -0.25) is 34.3 Å². The molecule has 668 valence electrons. The molecular formula is C102H225N7. The van der Waals surface area contributed by atoms with E-state index in [1.807, 2.05) is 194 Å². The normalized spacial score (nSPS) is 28.8. The molecule has 8 atom stereocenters. The van der Waals surface area contributed by atoms with E-state index in [0.29, 0.717) is 38.8 Å². The Morgan fingerprint density at radius 2 is 0.339 bits per heavy atom. The van der Waals surface area contributed by atoms with Gasteiger partial charge in [-0.2, -0.15) is 0 Å². The number of rotatable bonds is 0. The minimum Gasteiger partial charge on any atom is -0.298 e. The van der Waals surface area contributed by atoms with E-state index in [-0.39, 0.29) is 0 Å². The van der Waals surface area contributed by atoms with Crippen molar-refractivity contribution in [1.29, 1.82) is 0 Å². The average Bonchev–Trinajstić information content (AvgIpc) is 0.933. The molecule has 0 aromatic carbocycles. The zero-order valence-electron chi connectivity index (χ0n) is 86.3. The second-order valence-electron chi connectivity index (χ2n) is 37.6. The first-order valence-electron chi connectivity index (χ1n) is 49.8. The highest BCUT2D eigenvalue weighted by Gasteiger charge is 2.46. The zero-order chi connectivity index (χ0) is 87.3. The monoisotopic (exact) mass is 1550 g/mol. The number of nitrogens with zero attached hydrogens (tertiary/aromatic N) is 7. The predicted molar refractivity (Wildman–Crippen MR) is 510 cm³/mol. The fourth-order valence-electron chi connectivity index (χ4n) is 19.7. The second kappa shape index (κ2) is 65.6. The van der Waals surface area contributed by atoms with E-state index in [2.05, 4.69) is 180 Å². The summed E-state index contributed by atoms with van der Waals surface area (Å²) in [6.45, 7) is 116. The second-order valence-corrected chi connectivity index (χ2v) is 37.6. The Kier molecular flexibility index (Phi) is 73.4. The molecule has 7 nitrogen and oxygen atoms in total. The third kappa shape index (κ3) is 44.9. The highest BCUT2D eigenvalue weighted by molar-refractivity contribution is 5.01. The average molecular weight is 1550 g/mol. The fraction of sp³-hybridized carbons (Fsp3) is 1.00. The van der Waals surface area contributed by atoms with Crippen molar-refractivity contribution in [2.75, 3.05) is 52.4 Å². The van der Waals surface area contributed by atoms with E-state index in [4.69, 9.17) is 0 Å². The van der Waals surface area contributed by atoms with Crippen LogP contribution in [0.5, 0.6) is 0 Å². The van der Waals surface area contributed by atoms with Gasteiger partial charge < -0.3 is 0 Å². The number of hydrogen-bond acceptors (Lipinski definition) is 7. The van der Waals surface area contributed by atoms with Crippen molar-refractivity contribution in [2.45, 2.75) is 568 Å². The Morgan fingerprint density at radius 3 is 0.495 bits per heavy atom. The fourth-order valence-corrected chi connectivity index (χ4v) is 19.7. The molecule has 17 rings (SSSR count). The van der Waals surface area contributed by atoms with Gasteiger partial charge in [0.2, 0.25) is 0 Å². The Morgan fingerprint density at radius 1 is 0.156 bits per heavy atom. The van der Waals surface area contributed by atoms with Crippen molar-refractivity contribution < 1.29 is 0 Å². The summed E-state index contributed by atoms with van der Waals surface area (Å²) >= 11 is 0. The van der Waals surface area contributed by atoms with E-state index >= 15 is 0 Å². The summed E-state index contributed by atoms with van der Waals surface area (Å²) in [5.74, 6) is 8.29. The third-order valence-corrected chi connectivity index (χ3v) is 24.0. The van der Waals surface area contributed by atoms with Crippen LogP contribution in [0.3, 0.4) is 0 Å². The largest absolute Gasteiger partial charge is 0.298 e. The molecule has 11 aliphatic heterocycles. The van der Waals surface area contributed by atoms with Crippen LogP contribution in [0, 0.1) is 47.3 Å². The standard InChI is InChI=1S/4C11H21N.3C10H19N.14C2H6/c2*1-11(2,3)12-8-9-4-6-10(12)7-5-9;1-11(2,3)12-7-9-4-5-10(6-9)8-12;1-11(2,3)12-9-5-4-6-10(12)8-7-9;1-10(2,3)11-6-8-4-9(5-8)7-11;2*1-10(2,3)11-7-8-4-5-9(11)6-8;14*1-2/h4*9-10H,4-8H2,1-3H3;3*8-9H,4-7H2,1-3H3;14*1-2H3. The van der Waals surface area contributed by atoms with E-state index in [0.717, 1.165) is 83.6 Å². The van der Waals surface area contributed by atoms with Crippen molar-refractivity contribution >= 4 is 0 Å². The van der Waals surface area contributed by atoms with Crippen LogP contribution in [0.2, 0.25) is 0 Å². The molecule has 17 aliphatic rings. The first-order chi connectivity index (χ1) is 51.5. The Hall–Kier alpha value is -0.280. The quantitative estimate of drug-likeness (QED) is 0.238. The lowest BCUT2D eigenvalue weighted by molar-refractivity contribution is -0.0225. The highest BCUT2D eigenvalue weighted by atomic mass is 15.3. The lowest BCUT2D eigenvalue weighted by Gasteiger charge is -2.52. The molecule has 17 fully saturated rings. The highest BCUT2D eigenvalue weighted by Crippen LogP contribution is 2.46. The van der Waals surface area contributed by atoms with Crippen LogP contribution in [0.4, 0.5) is 0 Å². The van der Waals surface area contributed by atoms with E-state index in [9.17, 15) is 0 Å². The van der Waals surface area contributed by atoms with Gasteiger partial charge >= 0.3 is 0 Å². The molecule has 109 heavy (non-hydrogen) atoms. The topological polar surface area (TPSA) is 22.7 Å². The van der Waals surface area contributed by atoms with E-state index < -0.39 is 0 Å². The van der Waals surface area contributed by atoms with Crippen LogP contribution in [-0.2, 0) is 0 Å². The van der Waals surface area contributed by atoms with Gasteiger partial charge in [0, 0.05) is 127 Å². The summed E-state index contributed by atoms with van der Waals surface area (Å²) < 4.78 is 0. The number of likely N-dealkylation sites (tertiary alicyclic amines) is 3. The van der Waals surface area contributed by atoms with Gasteiger partial charge in [0.15, 0.2) is 0 Å². The van der Waals surface area contributed by atoms with E-state index in [1.54, 1.807) is 0 Å². The van der Waals surface area contributed by atoms with Crippen LogP contribution in [0.15, 0.2) is 0 Å². The lowest BCUT2D eigenvalue weighted by atomic mass is 9.70. The molecule has 14 bridgehead atoms. The molecule has 6 aliphatic carbocycles. The Labute approximate surface area is 698 Å². The zero-order valence-corrected chi connectivity index (χ0v) is 86.3. The van der Waals surface area contributed by atoms with Gasteiger partial charge in [-0.25, -0.2) is 0 Å². The maximum Gasteiger partial charge on any atom is 0.0130 e. The van der Waals surface area contributed by atoms with Crippen molar-refractivity contribution in [3.63, 3.8) is 0 Å². The van der Waals surface area contributed by atoms with Gasteiger partial charge in [0.05, 0.1) is 0 Å². The Balaban J connectivity index is -0.000000211. The van der Waals surface area contributed by atoms with Crippen LogP contribution in [-0.4, -0.2) is 162 Å². The maximum atomic E-state index is 2.77. The summed E-state index contributed by atoms with van der Waals surface area (Å²) in [5.41, 5.74) is 2.87. The van der Waals surface area contributed by atoms with Gasteiger partial charge in [0.1, 0.15) is 0 Å². The molecule has 0 radical (unpaired) electrons. The lowest BCUT2D eigenvalue weighted by Crippen LogP contribution is -2.56. The minimum atomic E-state index is 0.404. The first kappa shape index (κ1) is 122. The van der Waals surface area contributed by atoms with Crippen molar-refractivity contribution in [2.24, 2.45) is 47.3 Å². The van der Waals surface area contributed by atoms with Gasteiger partial charge in [-0.15, -0.1) is 0 Å². The summed E-state index contributed by atoms with van der Waals surface area (Å²) in [4.78, 5) is 18.9. The molecule has 0 spiro atoms. The Bertz CT molecular complexity index is 1770. The summed E-state index contributed by atoms with van der Waals surface area (Å²) in [6, 6.07) is 5.53. The predicted octanol–water partition coefficient (Wildman–Crippen LogP) is 31.7. The molecule has 11 saturated heterocycles. The minimum absolute atomic E-state index is 0.404. The summed E-state index contributed by atoms with van der Waals surface area (Å²) in [6.07, 6.45) is 35.6. The van der Waals surface area contributed by atoms with Gasteiger partial charge in [-0.1, -0.05) is 200 Å². The van der Waals surface area contributed by atoms with Crippen molar-refractivity contribution in [1.82, 2.24) is 34.3 Å². The first-order valence-corrected chi connectivity index (χ1v) is 49.8. The molecule has 0 amide bonds. The molecule has 0 aromatic heterocycles. The number of hydrogen-bond donors (Lipinski definition) is 0. The molecule has 8 unspecified atom stereocenters. The van der Waals surface area contributed by atoms with Crippen LogP contribution < -0.4 is 0 Å². The van der Waals surface area contributed by atoms with Crippen molar-refractivity contribution in [3.8, 4) is 0 Å². The maximum absolute atomic E-state index is 2.77. The van der Waals surface area contributed by atoms with Crippen LogP contribution >= 0.6 is 0 Å². The van der Waals surface area contributed by atoms with Crippen LogP contribution in [0.1, 0.15) is 493 Å². The molecular weight excluding hydrogens is 1320 g/mol. The molecule has 0 N–H and O–H groups in total.